The zero-order valence-electron chi connectivity index (χ0n) is 17.8. The number of thioether (sulfide) groups is 1. The van der Waals surface area contributed by atoms with E-state index in [-0.39, 0.29) is 29.8 Å². The Bertz CT molecular complexity index is 979. The van der Waals surface area contributed by atoms with E-state index >= 15 is 0 Å². The average Bonchev–Trinajstić information content (AvgIpc) is 3.17. The van der Waals surface area contributed by atoms with Crippen LogP contribution in [0.2, 0.25) is 0 Å². The van der Waals surface area contributed by atoms with Crippen molar-refractivity contribution in [3.05, 3.63) is 65.7 Å². The van der Waals surface area contributed by atoms with Crippen molar-refractivity contribution in [2.45, 2.75) is 39.0 Å². The molecular formula is C23H28N6OS. The number of nitrogens with zero attached hydrogens (tertiary/aromatic N) is 2. The summed E-state index contributed by atoms with van der Waals surface area (Å²) in [6, 6.07) is 18.1. The number of amides is 1. The lowest BCUT2D eigenvalue weighted by molar-refractivity contribution is -0.118. The molecule has 7 nitrogen and oxygen atoms in total. The van der Waals surface area contributed by atoms with E-state index in [2.05, 4.69) is 36.1 Å². The normalized spacial score (nSPS) is 22.8. The minimum Gasteiger partial charge on any atom is -0.351 e. The highest BCUT2D eigenvalue weighted by Gasteiger charge is 2.44. The Labute approximate surface area is 187 Å². The van der Waals surface area contributed by atoms with Crippen LogP contribution < -0.4 is 21.1 Å². The Balaban J connectivity index is 1.52. The highest BCUT2D eigenvalue weighted by Crippen LogP contribution is 2.33. The lowest BCUT2D eigenvalue weighted by Gasteiger charge is -2.36. The van der Waals surface area contributed by atoms with Gasteiger partial charge in [-0.15, -0.1) is 0 Å². The number of rotatable bonds is 6. The maximum Gasteiger partial charge on any atom is 0.230 e. The standard InChI is InChI=1S/C23H28N6OS/c1-3-17-11-7-8-12-18(17)29-21(24)20-15(2)27-28-22(20)26-23(29)31-14-19(30)25-13-16-9-5-4-6-10-16/h4-12,15,20,22,24,27-28H,3,13-14H2,1-2H3,(H,25,30). The second-order valence-electron chi connectivity index (χ2n) is 7.71. The van der Waals surface area contributed by atoms with Crippen LogP contribution in [0.15, 0.2) is 59.6 Å². The summed E-state index contributed by atoms with van der Waals surface area (Å²) in [5.74, 6) is 0.614. The van der Waals surface area contributed by atoms with Gasteiger partial charge in [0.2, 0.25) is 5.91 Å². The van der Waals surface area contributed by atoms with Gasteiger partial charge in [-0.3, -0.25) is 20.5 Å². The summed E-state index contributed by atoms with van der Waals surface area (Å²) in [5.41, 5.74) is 9.57. The number of para-hydroxylation sites is 1. The number of anilines is 1. The first-order valence-electron chi connectivity index (χ1n) is 10.6. The van der Waals surface area contributed by atoms with Crippen LogP contribution in [-0.4, -0.2) is 34.9 Å². The summed E-state index contributed by atoms with van der Waals surface area (Å²) in [5, 5.41) is 12.6. The molecule has 1 saturated heterocycles. The minimum absolute atomic E-state index is 0.0557. The van der Waals surface area contributed by atoms with E-state index in [0.717, 1.165) is 23.2 Å². The van der Waals surface area contributed by atoms with Crippen LogP contribution in [-0.2, 0) is 17.8 Å². The van der Waals surface area contributed by atoms with Crippen LogP contribution in [0, 0.1) is 11.3 Å². The smallest absolute Gasteiger partial charge is 0.230 e. The fourth-order valence-corrected chi connectivity index (χ4v) is 4.81. The molecule has 31 heavy (non-hydrogen) atoms. The van der Waals surface area contributed by atoms with E-state index in [1.807, 2.05) is 53.4 Å². The molecule has 0 aliphatic carbocycles. The molecule has 3 unspecified atom stereocenters. The third-order valence-electron chi connectivity index (χ3n) is 5.61. The Kier molecular flexibility index (Phi) is 6.70. The van der Waals surface area contributed by atoms with E-state index in [1.54, 1.807) is 0 Å². The molecular weight excluding hydrogens is 408 g/mol. The van der Waals surface area contributed by atoms with Gasteiger partial charge in [-0.1, -0.05) is 67.2 Å². The van der Waals surface area contributed by atoms with Crippen molar-refractivity contribution in [2.24, 2.45) is 10.9 Å². The first-order chi connectivity index (χ1) is 15.1. The summed E-state index contributed by atoms with van der Waals surface area (Å²) >= 11 is 1.37. The van der Waals surface area contributed by atoms with Crippen LogP contribution in [0.4, 0.5) is 5.69 Å². The molecule has 162 valence electrons. The zero-order valence-corrected chi connectivity index (χ0v) is 18.6. The van der Waals surface area contributed by atoms with E-state index in [0.29, 0.717) is 17.5 Å². The molecule has 0 aromatic heterocycles. The van der Waals surface area contributed by atoms with Crippen molar-refractivity contribution < 1.29 is 4.79 Å². The molecule has 1 fully saturated rings. The summed E-state index contributed by atoms with van der Waals surface area (Å²) < 4.78 is 0. The lowest BCUT2D eigenvalue weighted by atomic mass is 9.96. The number of fused-ring (bicyclic) bond motifs is 1. The maximum atomic E-state index is 12.5. The van der Waals surface area contributed by atoms with Crippen molar-refractivity contribution >= 4 is 34.4 Å². The molecule has 0 spiro atoms. The SMILES string of the molecule is CCc1ccccc1N1C(=N)C2C(C)NNC2N=C1SCC(=O)NCc1ccccc1. The Morgan fingerprint density at radius 2 is 1.90 bits per heavy atom. The monoisotopic (exact) mass is 436 g/mol. The van der Waals surface area contributed by atoms with Gasteiger partial charge >= 0.3 is 0 Å². The molecule has 0 saturated carbocycles. The van der Waals surface area contributed by atoms with Gasteiger partial charge in [-0.05, 0) is 30.5 Å². The number of aryl methyl sites for hydroxylation is 1. The second kappa shape index (κ2) is 9.64. The highest BCUT2D eigenvalue weighted by atomic mass is 32.2. The van der Waals surface area contributed by atoms with Gasteiger partial charge in [-0.25, -0.2) is 10.4 Å². The van der Waals surface area contributed by atoms with Crippen molar-refractivity contribution in [2.75, 3.05) is 10.7 Å². The maximum absolute atomic E-state index is 12.5. The summed E-state index contributed by atoms with van der Waals surface area (Å²) in [4.78, 5) is 19.3. The molecule has 2 aromatic carbocycles. The molecule has 4 rings (SSSR count). The molecule has 4 N–H and O–H groups in total. The number of hydrazine groups is 1. The Hall–Kier alpha value is -2.68. The van der Waals surface area contributed by atoms with Crippen LogP contribution in [0.5, 0.6) is 0 Å². The molecule has 2 heterocycles. The van der Waals surface area contributed by atoms with Crippen LogP contribution in [0.3, 0.4) is 0 Å². The third kappa shape index (κ3) is 4.66. The molecule has 8 heteroatoms. The topological polar surface area (TPSA) is 92.6 Å². The van der Waals surface area contributed by atoms with E-state index < -0.39 is 0 Å². The number of amidine groups is 2. The van der Waals surface area contributed by atoms with Crippen molar-refractivity contribution in [3.8, 4) is 0 Å². The van der Waals surface area contributed by atoms with Gasteiger partial charge in [0.15, 0.2) is 5.17 Å². The fraction of sp³-hybridized carbons (Fsp3) is 0.348. The van der Waals surface area contributed by atoms with Crippen molar-refractivity contribution in [3.63, 3.8) is 0 Å². The van der Waals surface area contributed by atoms with Gasteiger partial charge in [0, 0.05) is 12.6 Å². The van der Waals surface area contributed by atoms with Gasteiger partial charge in [0.25, 0.3) is 0 Å². The van der Waals surface area contributed by atoms with Crippen molar-refractivity contribution in [1.82, 2.24) is 16.2 Å². The van der Waals surface area contributed by atoms with Crippen molar-refractivity contribution in [1.29, 1.82) is 5.41 Å². The molecule has 1 amide bonds. The highest BCUT2D eigenvalue weighted by molar-refractivity contribution is 8.14. The number of carbonyl (C=O) groups excluding carboxylic acids is 1. The molecule has 2 aliphatic heterocycles. The fourth-order valence-electron chi connectivity index (χ4n) is 3.94. The van der Waals surface area contributed by atoms with Gasteiger partial charge in [0.05, 0.1) is 17.4 Å². The average molecular weight is 437 g/mol. The number of hydrogen-bond acceptors (Lipinski definition) is 6. The largest absolute Gasteiger partial charge is 0.351 e. The van der Waals surface area contributed by atoms with Gasteiger partial charge in [-0.2, -0.15) is 0 Å². The first-order valence-corrected chi connectivity index (χ1v) is 11.6. The Morgan fingerprint density at radius 3 is 2.68 bits per heavy atom. The molecule has 2 aromatic rings. The summed E-state index contributed by atoms with van der Waals surface area (Å²) in [6.07, 6.45) is 0.651. The number of nitrogens with one attached hydrogen (secondary N) is 4. The predicted octanol–water partition coefficient (Wildman–Crippen LogP) is 2.89. The lowest BCUT2D eigenvalue weighted by Crippen LogP contribution is -2.50. The number of hydrogen-bond donors (Lipinski definition) is 4. The summed E-state index contributed by atoms with van der Waals surface area (Å²) in [6.45, 7) is 4.66. The van der Waals surface area contributed by atoms with E-state index in [9.17, 15) is 4.79 Å². The number of aliphatic imine (C=N–C) groups is 1. The zero-order chi connectivity index (χ0) is 21.8. The Morgan fingerprint density at radius 1 is 1.16 bits per heavy atom. The molecule has 0 radical (unpaired) electrons. The van der Waals surface area contributed by atoms with Crippen LogP contribution in [0.1, 0.15) is 25.0 Å². The second-order valence-corrected chi connectivity index (χ2v) is 8.66. The molecule has 3 atom stereocenters. The quantitative estimate of drug-likeness (QED) is 0.559. The van der Waals surface area contributed by atoms with Crippen LogP contribution >= 0.6 is 11.8 Å². The minimum atomic E-state index is -0.206. The third-order valence-corrected chi connectivity index (χ3v) is 6.57. The molecule has 0 bridgehead atoms. The van der Waals surface area contributed by atoms with Gasteiger partial charge in [0.1, 0.15) is 12.0 Å². The number of benzene rings is 2. The number of carbonyl (C=O) groups is 1. The first kappa shape index (κ1) is 21.5. The van der Waals surface area contributed by atoms with E-state index in [1.165, 1.54) is 11.8 Å². The molecule has 2 aliphatic rings. The van der Waals surface area contributed by atoms with Crippen LogP contribution in [0.25, 0.3) is 0 Å². The summed E-state index contributed by atoms with van der Waals surface area (Å²) in [7, 11) is 0. The van der Waals surface area contributed by atoms with Gasteiger partial charge < -0.3 is 5.32 Å². The van der Waals surface area contributed by atoms with E-state index in [4.69, 9.17) is 10.4 Å². The predicted molar refractivity (Wildman–Crippen MR) is 127 cm³/mol.